The largest absolute Gasteiger partial charge is 0.370 e. The van der Waals surface area contributed by atoms with Crippen molar-refractivity contribution < 1.29 is 0 Å². The minimum Gasteiger partial charge on any atom is -0.370 e. The molecule has 0 spiro atoms. The van der Waals surface area contributed by atoms with Crippen molar-refractivity contribution in [3.63, 3.8) is 0 Å². The van der Waals surface area contributed by atoms with Crippen molar-refractivity contribution in [3.05, 3.63) is 42.5 Å². The molecule has 1 atom stereocenters. The summed E-state index contributed by atoms with van der Waals surface area (Å²) in [6, 6.07) is 8.93. The highest BCUT2D eigenvalue weighted by molar-refractivity contribution is 5.78. The van der Waals surface area contributed by atoms with Crippen molar-refractivity contribution in [2.24, 2.45) is 10.7 Å². The summed E-state index contributed by atoms with van der Waals surface area (Å²) in [5.41, 5.74) is 8.54. The second-order valence-electron chi connectivity index (χ2n) is 4.82. The second kappa shape index (κ2) is 6.27. The number of aliphatic imine (C=N–C) groups is 1. The van der Waals surface area contributed by atoms with Gasteiger partial charge in [0.15, 0.2) is 5.96 Å². The monoisotopic (exact) mass is 258 g/mol. The maximum Gasteiger partial charge on any atom is 0.188 e. The number of hydrogen-bond acceptors (Lipinski definition) is 2. The third-order valence-electron chi connectivity index (χ3n) is 3.41. The van der Waals surface area contributed by atoms with Crippen LogP contribution in [0.1, 0.15) is 12.5 Å². The van der Waals surface area contributed by atoms with Crippen LogP contribution in [0.2, 0.25) is 0 Å². The molecular weight excluding hydrogens is 236 g/mol. The van der Waals surface area contributed by atoms with E-state index in [9.17, 15) is 0 Å². The molecule has 0 amide bonds. The molecule has 4 heteroatoms. The van der Waals surface area contributed by atoms with E-state index >= 15 is 0 Å². The maximum atomic E-state index is 5.77. The van der Waals surface area contributed by atoms with Crippen molar-refractivity contribution in [3.8, 4) is 0 Å². The first-order chi connectivity index (χ1) is 9.22. The van der Waals surface area contributed by atoms with Gasteiger partial charge in [-0.05, 0) is 25.0 Å². The van der Waals surface area contributed by atoms with Gasteiger partial charge >= 0.3 is 0 Å². The van der Waals surface area contributed by atoms with Crippen LogP contribution in [0, 0.1) is 0 Å². The lowest BCUT2D eigenvalue weighted by Gasteiger charge is -2.26. The van der Waals surface area contributed by atoms with Crippen molar-refractivity contribution in [2.45, 2.75) is 19.4 Å². The minimum absolute atomic E-state index is 0.354. The summed E-state index contributed by atoms with van der Waals surface area (Å²) in [6.07, 6.45) is 2.89. The smallest absolute Gasteiger partial charge is 0.188 e. The summed E-state index contributed by atoms with van der Waals surface area (Å²) in [7, 11) is 0. The molecule has 0 radical (unpaired) electrons. The van der Waals surface area contributed by atoms with E-state index in [2.05, 4.69) is 53.0 Å². The first kappa shape index (κ1) is 13.5. The third kappa shape index (κ3) is 3.28. The molecule has 1 aliphatic rings. The number of nitrogens with one attached hydrogen (secondary N) is 1. The summed E-state index contributed by atoms with van der Waals surface area (Å²) < 4.78 is 0. The van der Waals surface area contributed by atoms with Crippen molar-refractivity contribution in [2.75, 3.05) is 24.5 Å². The van der Waals surface area contributed by atoms with Crippen LogP contribution in [0.3, 0.4) is 0 Å². The van der Waals surface area contributed by atoms with Crippen molar-refractivity contribution >= 4 is 11.6 Å². The number of guanidine groups is 1. The Kier molecular flexibility index (Phi) is 4.44. The Morgan fingerprint density at radius 3 is 3.16 bits per heavy atom. The zero-order valence-corrected chi connectivity index (χ0v) is 11.5. The van der Waals surface area contributed by atoms with E-state index in [1.165, 1.54) is 11.3 Å². The van der Waals surface area contributed by atoms with Gasteiger partial charge in [0.05, 0.1) is 6.54 Å². The molecule has 3 N–H and O–H groups in total. The van der Waals surface area contributed by atoms with Crippen LogP contribution >= 0.6 is 0 Å². The van der Waals surface area contributed by atoms with Gasteiger partial charge in [-0.1, -0.05) is 24.3 Å². The van der Waals surface area contributed by atoms with E-state index < -0.39 is 0 Å². The van der Waals surface area contributed by atoms with E-state index in [1.807, 2.05) is 0 Å². The highest BCUT2D eigenvalue weighted by Crippen LogP contribution is 2.29. The average Bonchev–Trinajstić information content (AvgIpc) is 2.86. The summed E-state index contributed by atoms with van der Waals surface area (Å²) >= 11 is 0. The van der Waals surface area contributed by atoms with Gasteiger partial charge in [-0.2, -0.15) is 0 Å². The fourth-order valence-electron chi connectivity index (χ4n) is 2.38. The molecule has 1 aromatic carbocycles. The second-order valence-corrected chi connectivity index (χ2v) is 4.82. The van der Waals surface area contributed by atoms with E-state index in [1.54, 1.807) is 6.08 Å². The minimum atomic E-state index is 0.354. The van der Waals surface area contributed by atoms with Crippen LogP contribution in [0.25, 0.3) is 0 Å². The number of fused-ring (bicyclic) bond motifs is 1. The predicted octanol–water partition coefficient (Wildman–Crippen LogP) is 1.53. The number of benzene rings is 1. The quantitative estimate of drug-likeness (QED) is 0.478. The summed E-state index contributed by atoms with van der Waals surface area (Å²) in [5, 5.41) is 2.99. The Morgan fingerprint density at radius 1 is 1.58 bits per heavy atom. The molecule has 1 aliphatic heterocycles. The molecule has 1 aromatic rings. The van der Waals surface area contributed by atoms with Gasteiger partial charge in [-0.25, -0.2) is 0 Å². The zero-order chi connectivity index (χ0) is 13.7. The van der Waals surface area contributed by atoms with Crippen molar-refractivity contribution in [1.29, 1.82) is 0 Å². The van der Waals surface area contributed by atoms with Gasteiger partial charge in [-0.3, -0.25) is 4.99 Å². The Morgan fingerprint density at radius 2 is 2.37 bits per heavy atom. The molecule has 4 nitrogen and oxygen atoms in total. The molecule has 0 bridgehead atoms. The number of hydrogen-bond donors (Lipinski definition) is 2. The van der Waals surface area contributed by atoms with Gasteiger partial charge in [0.2, 0.25) is 0 Å². The maximum absolute atomic E-state index is 5.77. The average molecular weight is 258 g/mol. The highest BCUT2D eigenvalue weighted by Gasteiger charge is 2.22. The lowest BCUT2D eigenvalue weighted by atomic mass is 10.2. The molecule has 0 fully saturated rings. The van der Waals surface area contributed by atoms with E-state index in [0.717, 1.165) is 13.0 Å². The molecule has 102 valence electrons. The van der Waals surface area contributed by atoms with Crippen LogP contribution in [0.5, 0.6) is 0 Å². The highest BCUT2D eigenvalue weighted by atomic mass is 15.2. The lowest BCUT2D eigenvalue weighted by Crippen LogP contribution is -2.37. The van der Waals surface area contributed by atoms with Crippen LogP contribution in [-0.2, 0) is 6.42 Å². The van der Waals surface area contributed by atoms with Gasteiger partial charge in [0, 0.05) is 24.8 Å². The van der Waals surface area contributed by atoms with Crippen LogP contribution in [0.4, 0.5) is 5.69 Å². The van der Waals surface area contributed by atoms with E-state index in [0.29, 0.717) is 25.1 Å². The standard InChI is InChI=1S/C15H22N4/c1-3-9-17-15(16)18-11-12(2)19-10-8-13-6-4-5-7-14(13)19/h3-7,12H,1,8-11H2,2H3,(H3,16,17,18). The summed E-state index contributed by atoms with van der Waals surface area (Å²) in [4.78, 5) is 6.78. The van der Waals surface area contributed by atoms with Crippen LogP contribution in [-0.4, -0.2) is 31.6 Å². The Bertz CT molecular complexity index is 467. The predicted molar refractivity (Wildman–Crippen MR) is 81.6 cm³/mol. The van der Waals surface area contributed by atoms with E-state index in [-0.39, 0.29) is 0 Å². The van der Waals surface area contributed by atoms with Gasteiger partial charge in [0.1, 0.15) is 0 Å². The first-order valence-corrected chi connectivity index (χ1v) is 6.71. The number of rotatable bonds is 5. The SMILES string of the molecule is C=CCNC(N)=NCC(C)N1CCc2ccccc21. The topological polar surface area (TPSA) is 53.6 Å². The third-order valence-corrected chi connectivity index (χ3v) is 3.41. The normalized spacial score (nSPS) is 16.1. The molecule has 0 aromatic heterocycles. The molecule has 0 saturated carbocycles. The van der Waals surface area contributed by atoms with Crippen molar-refractivity contribution in [1.82, 2.24) is 5.32 Å². The molecule has 1 unspecified atom stereocenters. The van der Waals surface area contributed by atoms with E-state index in [4.69, 9.17) is 5.73 Å². The number of nitrogens with zero attached hydrogens (tertiary/aromatic N) is 2. The number of nitrogens with two attached hydrogens (primary N) is 1. The summed E-state index contributed by atoms with van der Waals surface area (Å²) in [6.45, 7) is 8.23. The first-order valence-electron chi connectivity index (χ1n) is 6.71. The molecule has 19 heavy (non-hydrogen) atoms. The molecule has 0 saturated heterocycles. The fraction of sp³-hybridized carbons (Fsp3) is 0.400. The fourth-order valence-corrected chi connectivity index (χ4v) is 2.38. The number of anilines is 1. The summed E-state index contributed by atoms with van der Waals surface area (Å²) in [5.74, 6) is 0.485. The zero-order valence-electron chi connectivity index (χ0n) is 11.5. The lowest BCUT2D eigenvalue weighted by molar-refractivity contribution is 0.662. The van der Waals surface area contributed by atoms with Gasteiger partial charge in [0.25, 0.3) is 0 Å². The molecule has 1 heterocycles. The Balaban J connectivity index is 1.94. The molecule has 2 rings (SSSR count). The van der Waals surface area contributed by atoms with Crippen LogP contribution in [0.15, 0.2) is 41.9 Å². The van der Waals surface area contributed by atoms with Gasteiger partial charge in [-0.15, -0.1) is 6.58 Å². The molecular formula is C15H22N4. The Labute approximate surface area is 115 Å². The number of para-hydroxylation sites is 1. The van der Waals surface area contributed by atoms with Crippen LogP contribution < -0.4 is 16.0 Å². The van der Waals surface area contributed by atoms with Gasteiger partial charge < -0.3 is 16.0 Å². The Hall–Kier alpha value is -1.97. The molecule has 0 aliphatic carbocycles.